The Morgan fingerprint density at radius 3 is 2.62 bits per heavy atom. The van der Waals surface area contributed by atoms with Gasteiger partial charge < -0.3 is 9.73 Å². The molecule has 1 amide bonds. The number of allylic oxidation sites excluding steroid dienone is 3. The summed E-state index contributed by atoms with van der Waals surface area (Å²) < 4.78 is 7.53. The van der Waals surface area contributed by atoms with Crippen molar-refractivity contribution in [3.05, 3.63) is 108 Å². The number of carbonyl (C=O) groups is 1. The van der Waals surface area contributed by atoms with Crippen LogP contribution in [-0.2, 0) is 11.3 Å². The first-order valence-electron chi connectivity index (χ1n) is 11.1. The minimum Gasteiger partial charge on any atom is -0.467 e. The van der Waals surface area contributed by atoms with Crippen LogP contribution in [0.2, 0.25) is 0 Å². The Labute approximate surface area is 202 Å². The number of amides is 1. The first kappa shape index (κ1) is 22.0. The molecule has 7 heteroatoms. The van der Waals surface area contributed by atoms with E-state index in [-0.39, 0.29) is 11.7 Å². The Balaban J connectivity index is 1.26. The van der Waals surface area contributed by atoms with E-state index < -0.39 is 0 Å². The zero-order chi connectivity index (χ0) is 23.3. The molecule has 34 heavy (non-hydrogen) atoms. The normalized spacial score (nSPS) is 13.0. The molecule has 1 N–H and O–H groups in total. The van der Waals surface area contributed by atoms with Crippen LogP contribution in [0.1, 0.15) is 23.3 Å². The first-order chi connectivity index (χ1) is 16.7. The highest BCUT2D eigenvalue weighted by Crippen LogP contribution is 2.27. The zero-order valence-corrected chi connectivity index (χ0v) is 19.6. The van der Waals surface area contributed by atoms with Crippen LogP contribution >= 0.6 is 11.8 Å². The van der Waals surface area contributed by atoms with Crippen LogP contribution in [0.4, 0.5) is 0 Å². The predicted molar refractivity (Wildman–Crippen MR) is 134 cm³/mol. The number of carbonyl (C=O) groups excluding carboxylic acids is 1. The molecule has 170 valence electrons. The van der Waals surface area contributed by atoms with Crippen molar-refractivity contribution in [1.29, 1.82) is 0 Å². The van der Waals surface area contributed by atoms with Gasteiger partial charge in [-0.15, -0.1) is 10.2 Å². The van der Waals surface area contributed by atoms with Gasteiger partial charge in [0.1, 0.15) is 5.76 Å². The Kier molecular flexibility index (Phi) is 6.44. The van der Waals surface area contributed by atoms with Crippen LogP contribution in [0.5, 0.6) is 0 Å². The van der Waals surface area contributed by atoms with E-state index in [1.54, 1.807) is 6.26 Å². The number of hydrogen-bond donors (Lipinski definition) is 1. The highest BCUT2D eigenvalue weighted by Gasteiger charge is 2.18. The molecule has 0 unspecified atom stereocenters. The Hall–Kier alpha value is -3.84. The fraction of sp³-hybridized carbons (Fsp3) is 0.148. The molecule has 1 aliphatic rings. The topological polar surface area (TPSA) is 73.0 Å². The van der Waals surface area contributed by atoms with Gasteiger partial charge in [-0.05, 0) is 36.3 Å². The van der Waals surface area contributed by atoms with E-state index in [1.807, 2.05) is 53.1 Å². The minimum atomic E-state index is -0.0661. The standard InChI is InChI=1S/C27H24N4O2S/c1-19-9-11-20(12-10-19)22-13-14-23(16-22)28-25(32)18-34-27-30-29-26(21-6-3-2-4-7-21)31(27)17-24-8-5-15-33-24/h2-13,15-16H,14,17-18H2,1H3,(H,28,32). The highest BCUT2D eigenvalue weighted by molar-refractivity contribution is 7.99. The first-order valence-corrected chi connectivity index (χ1v) is 12.1. The molecule has 0 spiro atoms. The molecule has 6 nitrogen and oxygen atoms in total. The van der Waals surface area contributed by atoms with Crippen molar-refractivity contribution < 1.29 is 9.21 Å². The average molecular weight is 469 g/mol. The van der Waals surface area contributed by atoms with Crippen molar-refractivity contribution in [1.82, 2.24) is 20.1 Å². The quantitative estimate of drug-likeness (QED) is 0.347. The van der Waals surface area contributed by atoms with Crippen molar-refractivity contribution in [2.45, 2.75) is 25.0 Å². The van der Waals surface area contributed by atoms with Crippen molar-refractivity contribution in [2.24, 2.45) is 0 Å². The molecule has 0 bridgehead atoms. The Morgan fingerprint density at radius 2 is 1.85 bits per heavy atom. The maximum Gasteiger partial charge on any atom is 0.234 e. The second-order valence-corrected chi connectivity index (χ2v) is 9.02. The molecule has 2 aromatic carbocycles. The van der Waals surface area contributed by atoms with Crippen molar-refractivity contribution in [2.75, 3.05) is 5.75 Å². The Morgan fingerprint density at radius 1 is 1.03 bits per heavy atom. The monoisotopic (exact) mass is 468 g/mol. The number of furan rings is 1. The van der Waals surface area contributed by atoms with Crippen LogP contribution in [0.25, 0.3) is 17.0 Å². The molecule has 0 atom stereocenters. The average Bonchev–Trinajstić information content (AvgIpc) is 3.61. The van der Waals surface area contributed by atoms with Gasteiger partial charge in [0.15, 0.2) is 11.0 Å². The predicted octanol–water partition coefficient (Wildman–Crippen LogP) is 5.47. The second kappa shape index (κ2) is 9.97. The van der Waals surface area contributed by atoms with Crippen molar-refractivity contribution in [3.8, 4) is 11.4 Å². The van der Waals surface area contributed by atoms with E-state index in [2.05, 4.69) is 52.8 Å². The molecule has 1 aliphatic carbocycles. The van der Waals surface area contributed by atoms with E-state index in [4.69, 9.17) is 4.42 Å². The van der Waals surface area contributed by atoms with Gasteiger partial charge in [0.25, 0.3) is 0 Å². The van der Waals surface area contributed by atoms with Gasteiger partial charge in [0.05, 0.1) is 18.6 Å². The number of aromatic nitrogens is 3. The lowest BCUT2D eigenvalue weighted by Gasteiger charge is -2.09. The lowest BCUT2D eigenvalue weighted by Crippen LogP contribution is -2.24. The fourth-order valence-electron chi connectivity index (χ4n) is 3.80. The van der Waals surface area contributed by atoms with Gasteiger partial charge in [-0.2, -0.15) is 0 Å². The summed E-state index contributed by atoms with van der Waals surface area (Å²) in [5, 5.41) is 12.5. The van der Waals surface area contributed by atoms with E-state index >= 15 is 0 Å². The van der Waals surface area contributed by atoms with Gasteiger partial charge in [-0.25, -0.2) is 0 Å². The maximum atomic E-state index is 12.7. The third kappa shape index (κ3) is 5.05. The summed E-state index contributed by atoms with van der Waals surface area (Å²) in [7, 11) is 0. The highest BCUT2D eigenvalue weighted by atomic mass is 32.2. The second-order valence-electron chi connectivity index (χ2n) is 8.07. The van der Waals surface area contributed by atoms with Gasteiger partial charge in [0.2, 0.25) is 5.91 Å². The molecule has 5 rings (SSSR count). The number of thioether (sulfide) groups is 1. The lowest BCUT2D eigenvalue weighted by molar-refractivity contribution is -0.117. The maximum absolute atomic E-state index is 12.7. The Bertz CT molecular complexity index is 1340. The van der Waals surface area contributed by atoms with Crippen LogP contribution in [0.15, 0.2) is 100 Å². The summed E-state index contributed by atoms with van der Waals surface area (Å²) in [5.41, 5.74) is 5.39. The number of hydrogen-bond acceptors (Lipinski definition) is 5. The molecule has 4 aromatic rings. The summed E-state index contributed by atoms with van der Waals surface area (Å²) in [6.07, 6.45) is 6.54. The summed E-state index contributed by atoms with van der Waals surface area (Å²) in [4.78, 5) is 12.7. The fourth-order valence-corrected chi connectivity index (χ4v) is 4.54. The SMILES string of the molecule is Cc1ccc(C2=CCC(NC(=O)CSc3nnc(-c4ccccc4)n3Cc3ccco3)=C2)cc1. The summed E-state index contributed by atoms with van der Waals surface area (Å²) in [5.74, 6) is 1.71. The molecule has 0 radical (unpaired) electrons. The number of aryl methyl sites for hydroxylation is 1. The summed E-state index contributed by atoms with van der Waals surface area (Å²) in [6, 6.07) is 22.1. The van der Waals surface area contributed by atoms with E-state index in [1.165, 1.54) is 17.3 Å². The molecule has 0 saturated carbocycles. The lowest BCUT2D eigenvalue weighted by atomic mass is 10.1. The number of nitrogens with one attached hydrogen (secondary N) is 1. The molecule has 0 saturated heterocycles. The van der Waals surface area contributed by atoms with Gasteiger partial charge >= 0.3 is 0 Å². The molecule has 2 aromatic heterocycles. The largest absolute Gasteiger partial charge is 0.467 e. The number of benzene rings is 2. The zero-order valence-electron chi connectivity index (χ0n) is 18.8. The molecule has 0 fully saturated rings. The van der Waals surface area contributed by atoms with E-state index in [9.17, 15) is 4.79 Å². The molecular formula is C27H24N4O2S. The smallest absolute Gasteiger partial charge is 0.234 e. The summed E-state index contributed by atoms with van der Waals surface area (Å²) >= 11 is 1.37. The minimum absolute atomic E-state index is 0.0661. The molecular weight excluding hydrogens is 444 g/mol. The van der Waals surface area contributed by atoms with Crippen molar-refractivity contribution >= 4 is 23.2 Å². The molecule has 2 heterocycles. The third-order valence-electron chi connectivity index (χ3n) is 5.53. The van der Waals surface area contributed by atoms with Gasteiger partial charge in [0, 0.05) is 17.7 Å². The van der Waals surface area contributed by atoms with Gasteiger partial charge in [-0.1, -0.05) is 78.0 Å². The van der Waals surface area contributed by atoms with Crippen LogP contribution in [0.3, 0.4) is 0 Å². The number of nitrogens with zero attached hydrogens (tertiary/aromatic N) is 3. The summed E-state index contributed by atoms with van der Waals surface area (Å²) in [6.45, 7) is 2.56. The van der Waals surface area contributed by atoms with Crippen molar-refractivity contribution in [3.63, 3.8) is 0 Å². The van der Waals surface area contributed by atoms with Crippen LogP contribution in [0, 0.1) is 6.92 Å². The van der Waals surface area contributed by atoms with Gasteiger partial charge in [-0.3, -0.25) is 9.36 Å². The third-order valence-corrected chi connectivity index (χ3v) is 6.50. The number of rotatable bonds is 8. The van der Waals surface area contributed by atoms with Crippen LogP contribution < -0.4 is 5.32 Å². The molecule has 0 aliphatic heterocycles. The van der Waals surface area contributed by atoms with E-state index in [0.717, 1.165) is 34.0 Å². The van der Waals surface area contributed by atoms with E-state index in [0.29, 0.717) is 18.1 Å². The van der Waals surface area contributed by atoms with Crippen LogP contribution in [-0.4, -0.2) is 26.4 Å².